The fourth-order valence-corrected chi connectivity index (χ4v) is 5.10. The summed E-state index contributed by atoms with van der Waals surface area (Å²) >= 11 is 1.14. The van der Waals surface area contributed by atoms with Gasteiger partial charge in [-0.05, 0) is 37.5 Å². The number of anilines is 1. The average Bonchev–Trinajstić information content (AvgIpc) is 3.18. The van der Waals surface area contributed by atoms with Crippen LogP contribution in [0.15, 0.2) is 41.4 Å². The van der Waals surface area contributed by atoms with Crippen LogP contribution in [0.5, 0.6) is 0 Å². The maximum atomic E-state index is 13.0. The van der Waals surface area contributed by atoms with Crippen LogP contribution in [0.25, 0.3) is 10.2 Å². The van der Waals surface area contributed by atoms with E-state index in [9.17, 15) is 25.0 Å². The average molecular weight is 486 g/mol. The number of nitro benzene ring substituents is 2. The predicted octanol–water partition coefficient (Wildman–Crippen LogP) is 3.90. The summed E-state index contributed by atoms with van der Waals surface area (Å²) in [6, 6.07) is 8.88. The number of nitrogens with zero attached hydrogens (tertiary/aromatic N) is 5. The number of carbonyl (C=O) groups is 1. The summed E-state index contributed by atoms with van der Waals surface area (Å²) < 4.78 is 7.50. The monoisotopic (exact) mass is 485 g/mol. The summed E-state index contributed by atoms with van der Waals surface area (Å²) in [5.41, 5.74) is 1.11. The van der Waals surface area contributed by atoms with Gasteiger partial charge in [0, 0.05) is 50.5 Å². The van der Waals surface area contributed by atoms with Gasteiger partial charge in [0.1, 0.15) is 5.69 Å². The zero-order chi connectivity index (χ0) is 24.2. The highest BCUT2D eigenvalue weighted by Gasteiger charge is 2.23. The van der Waals surface area contributed by atoms with E-state index in [0.29, 0.717) is 33.9 Å². The van der Waals surface area contributed by atoms with Gasteiger partial charge < -0.3 is 14.2 Å². The van der Waals surface area contributed by atoms with Crippen LogP contribution in [0.1, 0.15) is 29.6 Å². The number of ether oxygens (including phenoxy) is 1. The number of thiazole rings is 1. The highest BCUT2D eigenvalue weighted by molar-refractivity contribution is 7.16. The van der Waals surface area contributed by atoms with E-state index >= 15 is 0 Å². The van der Waals surface area contributed by atoms with Crippen LogP contribution in [0.4, 0.5) is 17.1 Å². The summed E-state index contributed by atoms with van der Waals surface area (Å²) in [6.45, 7) is 2.21. The Morgan fingerprint density at radius 2 is 1.85 bits per heavy atom. The molecule has 1 saturated heterocycles. The molecular weight excluding hydrogens is 462 g/mol. The lowest BCUT2D eigenvalue weighted by molar-refractivity contribution is -0.384. The number of nitro groups is 2. The van der Waals surface area contributed by atoms with E-state index in [1.165, 1.54) is 18.2 Å². The molecule has 0 bridgehead atoms. The third-order valence-electron chi connectivity index (χ3n) is 5.71. The molecule has 0 saturated carbocycles. The predicted molar refractivity (Wildman–Crippen MR) is 127 cm³/mol. The van der Waals surface area contributed by atoms with Crippen molar-refractivity contribution in [2.45, 2.75) is 25.8 Å². The molecule has 1 aliphatic heterocycles. The van der Waals surface area contributed by atoms with Gasteiger partial charge >= 0.3 is 0 Å². The molecule has 3 aromatic rings. The third-order valence-corrected chi connectivity index (χ3v) is 6.75. The first kappa shape index (κ1) is 23.5. The Kier molecular flexibility index (Phi) is 6.98. The molecule has 178 valence electrons. The topological polar surface area (TPSA) is 133 Å². The van der Waals surface area contributed by atoms with Gasteiger partial charge in [0.05, 0.1) is 26.7 Å². The number of aromatic nitrogens is 1. The van der Waals surface area contributed by atoms with Crippen molar-refractivity contribution >= 4 is 44.5 Å². The first-order valence-electron chi connectivity index (χ1n) is 10.8. The number of fused-ring (bicyclic) bond motifs is 1. The lowest BCUT2D eigenvalue weighted by Gasteiger charge is -2.28. The van der Waals surface area contributed by atoms with Gasteiger partial charge in [-0.3, -0.25) is 25.0 Å². The summed E-state index contributed by atoms with van der Waals surface area (Å²) in [4.78, 5) is 41.5. The lowest BCUT2D eigenvalue weighted by Crippen LogP contribution is -2.30. The minimum absolute atomic E-state index is 0.0607. The fraction of sp³-hybridized carbons (Fsp3) is 0.364. The van der Waals surface area contributed by atoms with Crippen LogP contribution < -0.4 is 9.70 Å². The summed E-state index contributed by atoms with van der Waals surface area (Å²) in [7, 11) is 1.55. The Hall–Kier alpha value is -3.64. The van der Waals surface area contributed by atoms with E-state index in [2.05, 4.69) is 4.99 Å². The van der Waals surface area contributed by atoms with Gasteiger partial charge in [-0.15, -0.1) is 0 Å². The molecule has 1 amide bonds. The molecule has 4 rings (SSSR count). The van der Waals surface area contributed by atoms with Gasteiger partial charge in [0.25, 0.3) is 17.3 Å². The minimum atomic E-state index is -0.625. The second-order valence-corrected chi connectivity index (χ2v) is 8.87. The maximum Gasteiger partial charge on any atom is 0.293 e. The van der Waals surface area contributed by atoms with Gasteiger partial charge in [-0.2, -0.15) is 4.99 Å². The highest BCUT2D eigenvalue weighted by atomic mass is 32.1. The summed E-state index contributed by atoms with van der Waals surface area (Å²) in [6.07, 6.45) is 3.04. The van der Waals surface area contributed by atoms with Crippen molar-refractivity contribution in [3.63, 3.8) is 0 Å². The Bertz CT molecular complexity index is 1330. The molecule has 2 heterocycles. The Balaban J connectivity index is 1.75. The van der Waals surface area contributed by atoms with E-state index in [-0.39, 0.29) is 16.9 Å². The number of piperidine rings is 1. The molecule has 11 nitrogen and oxygen atoms in total. The van der Waals surface area contributed by atoms with Gasteiger partial charge in [0.15, 0.2) is 4.80 Å². The fourth-order valence-electron chi connectivity index (χ4n) is 4.02. The first-order valence-corrected chi connectivity index (χ1v) is 11.6. The van der Waals surface area contributed by atoms with Crippen molar-refractivity contribution in [1.29, 1.82) is 0 Å². The second-order valence-electron chi connectivity index (χ2n) is 7.86. The highest BCUT2D eigenvalue weighted by Crippen LogP contribution is 2.31. The quantitative estimate of drug-likeness (QED) is 0.366. The SMILES string of the molecule is COCCn1c(=NC(=O)c2ccc(N3CCCCC3)c([N+](=O)[O-])c2)sc2cc([N+](=O)[O-])ccc21. The zero-order valence-corrected chi connectivity index (χ0v) is 19.3. The Morgan fingerprint density at radius 3 is 2.53 bits per heavy atom. The van der Waals surface area contributed by atoms with Crippen LogP contribution in [0, 0.1) is 20.2 Å². The molecule has 1 fully saturated rings. The van der Waals surface area contributed by atoms with Crippen LogP contribution >= 0.6 is 11.3 Å². The number of amides is 1. The summed E-state index contributed by atoms with van der Waals surface area (Å²) in [5.74, 6) is -0.625. The molecule has 0 spiro atoms. The molecule has 12 heteroatoms. The van der Waals surface area contributed by atoms with E-state index in [0.717, 1.165) is 43.7 Å². The molecular formula is C22H23N5O6S. The number of non-ortho nitro benzene ring substituents is 1. The molecule has 34 heavy (non-hydrogen) atoms. The van der Waals surface area contributed by atoms with E-state index in [1.807, 2.05) is 4.90 Å². The number of hydrogen-bond acceptors (Lipinski definition) is 8. The number of carbonyl (C=O) groups excluding carboxylic acids is 1. The van der Waals surface area contributed by atoms with Gasteiger partial charge in [-0.1, -0.05) is 11.3 Å². The summed E-state index contributed by atoms with van der Waals surface area (Å²) in [5, 5.41) is 22.9. The number of benzene rings is 2. The zero-order valence-electron chi connectivity index (χ0n) is 18.5. The van der Waals surface area contributed by atoms with E-state index in [1.54, 1.807) is 29.9 Å². The van der Waals surface area contributed by atoms with E-state index < -0.39 is 15.8 Å². The largest absolute Gasteiger partial charge is 0.383 e. The van der Waals surface area contributed by atoms with Crippen molar-refractivity contribution in [1.82, 2.24) is 4.57 Å². The molecule has 0 N–H and O–H groups in total. The van der Waals surface area contributed by atoms with Gasteiger partial charge in [-0.25, -0.2) is 0 Å². The van der Waals surface area contributed by atoms with Crippen molar-refractivity contribution in [3.05, 3.63) is 67.0 Å². The molecule has 1 aliphatic rings. The van der Waals surface area contributed by atoms with E-state index in [4.69, 9.17) is 4.74 Å². The van der Waals surface area contributed by atoms with Crippen molar-refractivity contribution in [3.8, 4) is 0 Å². The van der Waals surface area contributed by atoms with Crippen LogP contribution in [0.2, 0.25) is 0 Å². The Morgan fingerprint density at radius 1 is 1.09 bits per heavy atom. The maximum absolute atomic E-state index is 13.0. The molecule has 0 aliphatic carbocycles. The standard InChI is InChI=1S/C22H23N5O6S/c1-33-12-11-25-18-8-6-16(26(29)30)14-20(18)34-22(25)23-21(28)15-5-7-17(19(13-15)27(31)32)24-9-3-2-4-10-24/h5-8,13-14H,2-4,9-12H2,1H3. The van der Waals surface area contributed by atoms with Crippen molar-refractivity contribution in [2.75, 3.05) is 31.7 Å². The molecule has 2 aromatic carbocycles. The molecule has 0 atom stereocenters. The van der Waals surface area contributed by atoms with Crippen molar-refractivity contribution in [2.24, 2.45) is 4.99 Å². The molecule has 0 radical (unpaired) electrons. The Labute approximate surface area is 198 Å². The second kappa shape index (κ2) is 10.1. The normalized spacial score (nSPS) is 14.5. The van der Waals surface area contributed by atoms with Gasteiger partial charge in [0.2, 0.25) is 0 Å². The molecule has 0 unspecified atom stereocenters. The third kappa shape index (κ3) is 4.82. The molecule has 1 aromatic heterocycles. The first-order chi connectivity index (χ1) is 16.4. The van der Waals surface area contributed by atoms with Crippen LogP contribution in [-0.2, 0) is 11.3 Å². The van der Waals surface area contributed by atoms with Crippen LogP contribution in [-0.4, -0.2) is 47.1 Å². The number of rotatable bonds is 7. The van der Waals surface area contributed by atoms with Crippen molar-refractivity contribution < 1.29 is 19.4 Å². The minimum Gasteiger partial charge on any atom is -0.383 e. The van der Waals surface area contributed by atoms with Crippen LogP contribution in [0.3, 0.4) is 0 Å². The lowest BCUT2D eigenvalue weighted by atomic mass is 10.1. The smallest absolute Gasteiger partial charge is 0.293 e. The number of hydrogen-bond donors (Lipinski definition) is 0. The number of methoxy groups -OCH3 is 1.